The molecule has 1 aromatic carbocycles. The van der Waals surface area contributed by atoms with Crippen LogP contribution in [0.4, 0.5) is 0 Å². The Morgan fingerprint density at radius 1 is 1.32 bits per heavy atom. The molecule has 0 bridgehead atoms. The average molecular weight is 306 g/mol. The molecular formula is C17H22O5. The Balaban J connectivity index is 1.97. The second-order valence-electron chi connectivity index (χ2n) is 5.81. The minimum Gasteiger partial charge on any atom is -0.475 e. The summed E-state index contributed by atoms with van der Waals surface area (Å²) in [7, 11) is 0. The van der Waals surface area contributed by atoms with E-state index in [2.05, 4.69) is 13.8 Å². The first-order valence-corrected chi connectivity index (χ1v) is 7.41. The Labute approximate surface area is 130 Å². The highest BCUT2D eigenvalue weighted by Crippen LogP contribution is 2.29. The first-order chi connectivity index (χ1) is 10.5. The Kier molecular flexibility index (Phi) is 5.57. The van der Waals surface area contributed by atoms with Crippen LogP contribution in [0.5, 0.6) is 0 Å². The average Bonchev–Trinajstić information content (AvgIpc) is 2.53. The van der Waals surface area contributed by atoms with Gasteiger partial charge in [0.1, 0.15) is 0 Å². The third-order valence-electron chi connectivity index (χ3n) is 3.80. The molecule has 1 heterocycles. The van der Waals surface area contributed by atoms with Crippen LogP contribution >= 0.6 is 0 Å². The maximum absolute atomic E-state index is 11.1. The fraction of sp³-hybridized carbons (Fsp3) is 0.471. The lowest BCUT2D eigenvalue weighted by atomic mass is 9.90. The van der Waals surface area contributed by atoms with Gasteiger partial charge in [0.05, 0.1) is 13.2 Å². The summed E-state index contributed by atoms with van der Waals surface area (Å²) in [5.41, 5.74) is 1.79. The molecule has 5 nitrogen and oxygen atoms in total. The molecule has 1 aliphatic heterocycles. The zero-order valence-corrected chi connectivity index (χ0v) is 12.9. The van der Waals surface area contributed by atoms with Gasteiger partial charge in [0.15, 0.2) is 0 Å². The summed E-state index contributed by atoms with van der Waals surface area (Å²) >= 11 is 0. The van der Waals surface area contributed by atoms with Gasteiger partial charge in [-0.05, 0) is 29.0 Å². The molecular weight excluding hydrogens is 284 g/mol. The highest BCUT2D eigenvalue weighted by Gasteiger charge is 2.29. The zero-order chi connectivity index (χ0) is 16.1. The molecule has 2 atom stereocenters. The van der Waals surface area contributed by atoms with Crippen molar-refractivity contribution < 1.29 is 24.5 Å². The van der Waals surface area contributed by atoms with Gasteiger partial charge in [-0.15, -0.1) is 0 Å². The van der Waals surface area contributed by atoms with Gasteiger partial charge in [-0.2, -0.15) is 0 Å². The van der Waals surface area contributed by atoms with E-state index >= 15 is 0 Å². The summed E-state index contributed by atoms with van der Waals surface area (Å²) < 4.78 is 11.1. The molecule has 0 spiro atoms. The Morgan fingerprint density at radius 2 is 1.95 bits per heavy atom. The number of aliphatic carboxylic acids is 1. The number of aliphatic hydroxyl groups is 1. The molecule has 0 fully saturated rings. The fourth-order valence-corrected chi connectivity index (χ4v) is 2.33. The van der Waals surface area contributed by atoms with Gasteiger partial charge in [0, 0.05) is 6.42 Å². The van der Waals surface area contributed by atoms with Crippen molar-refractivity contribution in [2.45, 2.75) is 39.8 Å². The monoisotopic (exact) mass is 306 g/mol. The molecule has 0 unspecified atom stereocenters. The van der Waals surface area contributed by atoms with Crippen LogP contribution in [-0.2, 0) is 27.5 Å². The van der Waals surface area contributed by atoms with Crippen molar-refractivity contribution in [2.24, 2.45) is 11.8 Å². The van der Waals surface area contributed by atoms with E-state index in [0.29, 0.717) is 18.9 Å². The van der Waals surface area contributed by atoms with Gasteiger partial charge >= 0.3 is 5.97 Å². The molecule has 1 aromatic rings. The van der Waals surface area contributed by atoms with E-state index < -0.39 is 12.3 Å². The fourth-order valence-electron chi connectivity index (χ4n) is 2.33. The van der Waals surface area contributed by atoms with Gasteiger partial charge in [-0.3, -0.25) is 0 Å². The van der Waals surface area contributed by atoms with Crippen molar-refractivity contribution in [3.63, 3.8) is 0 Å². The SMILES string of the molecule is CC(C)[C@@H]1C=C(C(=O)O)O[C@H](OCc2ccc(CO)cc2)C1. The predicted octanol–water partition coefficient (Wildman–Crippen LogP) is 2.68. The van der Waals surface area contributed by atoms with E-state index in [-0.39, 0.29) is 18.3 Å². The van der Waals surface area contributed by atoms with E-state index in [1.807, 2.05) is 24.3 Å². The Hall–Kier alpha value is -1.85. The quantitative estimate of drug-likeness (QED) is 0.845. The predicted molar refractivity (Wildman–Crippen MR) is 80.7 cm³/mol. The van der Waals surface area contributed by atoms with Crippen molar-refractivity contribution in [2.75, 3.05) is 0 Å². The van der Waals surface area contributed by atoms with Gasteiger partial charge in [-0.25, -0.2) is 4.79 Å². The molecule has 120 valence electrons. The molecule has 0 aliphatic carbocycles. The van der Waals surface area contributed by atoms with Gasteiger partial charge in [0.25, 0.3) is 0 Å². The van der Waals surface area contributed by atoms with E-state index in [0.717, 1.165) is 11.1 Å². The van der Waals surface area contributed by atoms with Gasteiger partial charge in [-0.1, -0.05) is 38.1 Å². The number of hydrogen-bond donors (Lipinski definition) is 2. The van der Waals surface area contributed by atoms with Crippen LogP contribution in [0.1, 0.15) is 31.4 Å². The molecule has 0 amide bonds. The minimum absolute atomic E-state index is 0.00963. The number of aliphatic hydroxyl groups excluding tert-OH is 1. The molecule has 0 aromatic heterocycles. The van der Waals surface area contributed by atoms with E-state index in [4.69, 9.17) is 19.7 Å². The van der Waals surface area contributed by atoms with E-state index in [9.17, 15) is 4.79 Å². The summed E-state index contributed by atoms with van der Waals surface area (Å²) in [6.07, 6.45) is 1.76. The second kappa shape index (κ2) is 7.42. The number of carbonyl (C=O) groups is 1. The van der Waals surface area contributed by atoms with Crippen molar-refractivity contribution in [1.29, 1.82) is 0 Å². The number of hydrogen-bond acceptors (Lipinski definition) is 4. The normalized spacial score (nSPS) is 21.4. The summed E-state index contributed by atoms with van der Waals surface area (Å²) in [5.74, 6) is -0.647. The standard InChI is InChI=1S/C17H22O5/c1-11(2)14-7-15(17(19)20)22-16(8-14)21-10-13-5-3-12(9-18)4-6-13/h3-7,11,14,16,18H,8-10H2,1-2H3,(H,19,20)/t14-,16+/m1/s1. The maximum atomic E-state index is 11.1. The highest BCUT2D eigenvalue weighted by molar-refractivity contribution is 5.84. The summed E-state index contributed by atoms with van der Waals surface area (Å²) in [6.45, 7) is 4.46. The molecule has 0 saturated carbocycles. The third kappa shape index (κ3) is 4.32. The molecule has 1 aliphatic rings. The van der Waals surface area contributed by atoms with Gasteiger partial charge < -0.3 is 19.7 Å². The maximum Gasteiger partial charge on any atom is 0.370 e. The number of carboxylic acids is 1. The van der Waals surface area contributed by atoms with Crippen molar-refractivity contribution >= 4 is 5.97 Å². The lowest BCUT2D eigenvalue weighted by Gasteiger charge is -2.30. The van der Waals surface area contributed by atoms with Crippen LogP contribution in [0.25, 0.3) is 0 Å². The highest BCUT2D eigenvalue weighted by atomic mass is 16.7. The minimum atomic E-state index is -1.06. The van der Waals surface area contributed by atoms with Crippen molar-refractivity contribution in [3.05, 3.63) is 47.2 Å². The number of ether oxygens (including phenoxy) is 2. The first-order valence-electron chi connectivity index (χ1n) is 7.41. The van der Waals surface area contributed by atoms with Crippen LogP contribution < -0.4 is 0 Å². The van der Waals surface area contributed by atoms with Crippen LogP contribution in [0, 0.1) is 11.8 Å². The molecule has 2 N–H and O–H groups in total. The molecule has 0 radical (unpaired) electrons. The summed E-state index contributed by atoms with van der Waals surface area (Å²) in [5, 5.41) is 18.1. The number of benzene rings is 1. The summed E-state index contributed by atoms with van der Waals surface area (Å²) in [6, 6.07) is 7.42. The number of rotatable bonds is 6. The van der Waals surface area contributed by atoms with Crippen LogP contribution in [0.15, 0.2) is 36.1 Å². The lowest BCUT2D eigenvalue weighted by molar-refractivity contribution is -0.163. The zero-order valence-electron chi connectivity index (χ0n) is 12.9. The first kappa shape index (κ1) is 16.5. The lowest BCUT2D eigenvalue weighted by Crippen LogP contribution is -2.29. The smallest absolute Gasteiger partial charge is 0.370 e. The number of allylic oxidation sites excluding steroid dienone is 1. The Bertz CT molecular complexity index is 532. The molecule has 0 saturated heterocycles. The Morgan fingerprint density at radius 3 is 2.50 bits per heavy atom. The third-order valence-corrected chi connectivity index (χ3v) is 3.80. The number of carboxylic acid groups (broad SMARTS) is 1. The van der Waals surface area contributed by atoms with E-state index in [1.165, 1.54) is 0 Å². The van der Waals surface area contributed by atoms with Crippen LogP contribution in [0.2, 0.25) is 0 Å². The van der Waals surface area contributed by atoms with Crippen LogP contribution in [0.3, 0.4) is 0 Å². The van der Waals surface area contributed by atoms with Gasteiger partial charge in [0.2, 0.25) is 12.0 Å². The second-order valence-corrected chi connectivity index (χ2v) is 5.81. The largest absolute Gasteiger partial charge is 0.475 e. The van der Waals surface area contributed by atoms with Crippen LogP contribution in [-0.4, -0.2) is 22.5 Å². The summed E-state index contributed by atoms with van der Waals surface area (Å²) in [4.78, 5) is 11.1. The molecule has 2 rings (SSSR count). The molecule has 5 heteroatoms. The molecule has 22 heavy (non-hydrogen) atoms. The van der Waals surface area contributed by atoms with Crippen molar-refractivity contribution in [3.8, 4) is 0 Å². The van der Waals surface area contributed by atoms with Crippen molar-refractivity contribution in [1.82, 2.24) is 0 Å². The van der Waals surface area contributed by atoms with E-state index in [1.54, 1.807) is 6.08 Å². The topological polar surface area (TPSA) is 76.0 Å².